The number of pyridine rings is 1. The van der Waals surface area contributed by atoms with Gasteiger partial charge >= 0.3 is 6.09 Å². The van der Waals surface area contributed by atoms with E-state index in [1.165, 1.54) is 11.3 Å². The van der Waals surface area contributed by atoms with E-state index in [2.05, 4.69) is 15.3 Å². The molecule has 2 heterocycles. The molecule has 0 saturated carbocycles. The Morgan fingerprint density at radius 3 is 2.89 bits per heavy atom. The third-order valence-electron chi connectivity index (χ3n) is 1.98. The molecular weight excluding hydrogens is 250 g/mol. The van der Waals surface area contributed by atoms with Crippen LogP contribution < -0.4 is 5.32 Å². The molecule has 0 aromatic carbocycles. The number of rotatable bonds is 3. The first kappa shape index (κ1) is 12.5. The summed E-state index contributed by atoms with van der Waals surface area (Å²) < 4.78 is 4.97. The Morgan fingerprint density at radius 1 is 1.39 bits per heavy atom. The number of aromatic nitrogens is 2. The van der Waals surface area contributed by atoms with Crippen molar-refractivity contribution < 1.29 is 9.53 Å². The first-order chi connectivity index (χ1) is 8.65. The Balaban J connectivity index is 2.05. The smallest absolute Gasteiger partial charge is 0.413 e. The van der Waals surface area contributed by atoms with Crippen LogP contribution in [0.15, 0.2) is 29.8 Å². The molecule has 5 nitrogen and oxygen atoms in total. The maximum absolute atomic E-state index is 11.4. The quantitative estimate of drug-likeness (QED) is 0.923. The Kier molecular flexibility index (Phi) is 3.88. The van der Waals surface area contributed by atoms with E-state index in [0.29, 0.717) is 5.13 Å². The van der Waals surface area contributed by atoms with Crippen LogP contribution >= 0.6 is 11.3 Å². The lowest BCUT2D eigenvalue weighted by molar-refractivity contribution is 0.130. The van der Waals surface area contributed by atoms with Gasteiger partial charge in [-0.25, -0.2) is 9.78 Å². The Morgan fingerprint density at radius 2 is 2.22 bits per heavy atom. The third kappa shape index (κ3) is 3.27. The average molecular weight is 263 g/mol. The zero-order chi connectivity index (χ0) is 13.0. The van der Waals surface area contributed by atoms with Gasteiger partial charge in [-0.1, -0.05) is 6.07 Å². The highest BCUT2D eigenvalue weighted by atomic mass is 32.1. The van der Waals surface area contributed by atoms with E-state index in [0.717, 1.165) is 11.4 Å². The summed E-state index contributed by atoms with van der Waals surface area (Å²) in [6.45, 7) is 3.58. The van der Waals surface area contributed by atoms with Gasteiger partial charge in [0.25, 0.3) is 0 Å². The fourth-order valence-electron chi connectivity index (χ4n) is 1.29. The first-order valence-electron chi connectivity index (χ1n) is 5.49. The summed E-state index contributed by atoms with van der Waals surface area (Å²) in [4.78, 5) is 19.8. The maximum atomic E-state index is 11.4. The van der Waals surface area contributed by atoms with Crippen molar-refractivity contribution in [1.29, 1.82) is 0 Å². The minimum atomic E-state index is -0.494. The van der Waals surface area contributed by atoms with Gasteiger partial charge in [0, 0.05) is 11.6 Å². The van der Waals surface area contributed by atoms with Crippen LogP contribution in [-0.2, 0) is 4.74 Å². The number of hydrogen-bond donors (Lipinski definition) is 1. The molecule has 6 heteroatoms. The minimum absolute atomic E-state index is 0.153. The molecule has 0 radical (unpaired) electrons. The number of amides is 1. The SMILES string of the molecule is CC(C)OC(=O)Nc1nc(-c2ccccn2)cs1. The lowest BCUT2D eigenvalue weighted by Gasteiger charge is -2.06. The molecule has 0 atom stereocenters. The van der Waals surface area contributed by atoms with Gasteiger partial charge in [0.1, 0.15) is 5.69 Å². The van der Waals surface area contributed by atoms with Crippen LogP contribution in [-0.4, -0.2) is 22.2 Å². The molecule has 1 amide bonds. The van der Waals surface area contributed by atoms with Gasteiger partial charge < -0.3 is 4.74 Å². The number of hydrogen-bond acceptors (Lipinski definition) is 5. The van der Waals surface area contributed by atoms with Crippen molar-refractivity contribution in [2.75, 3.05) is 5.32 Å². The number of carbonyl (C=O) groups excluding carboxylic acids is 1. The molecule has 0 spiro atoms. The number of anilines is 1. The molecule has 0 bridgehead atoms. The maximum Gasteiger partial charge on any atom is 0.413 e. The molecule has 94 valence electrons. The standard InChI is InChI=1S/C12H13N3O2S/c1-8(2)17-12(16)15-11-14-10(7-18-11)9-5-3-4-6-13-9/h3-8H,1-2H3,(H,14,15,16). The van der Waals surface area contributed by atoms with E-state index in [1.54, 1.807) is 20.0 Å². The number of carbonyl (C=O) groups is 1. The molecule has 1 N–H and O–H groups in total. The van der Waals surface area contributed by atoms with Gasteiger partial charge in [-0.05, 0) is 26.0 Å². The van der Waals surface area contributed by atoms with Crippen LogP contribution in [0.3, 0.4) is 0 Å². The van der Waals surface area contributed by atoms with Crippen LogP contribution in [0.5, 0.6) is 0 Å². The minimum Gasteiger partial charge on any atom is -0.447 e. The van der Waals surface area contributed by atoms with Gasteiger partial charge in [-0.15, -0.1) is 11.3 Å². The van der Waals surface area contributed by atoms with E-state index in [-0.39, 0.29) is 6.10 Å². The highest BCUT2D eigenvalue weighted by molar-refractivity contribution is 7.14. The molecule has 2 aromatic heterocycles. The van der Waals surface area contributed by atoms with Crippen LogP contribution in [0.2, 0.25) is 0 Å². The predicted molar refractivity (Wildman–Crippen MR) is 70.6 cm³/mol. The Bertz CT molecular complexity index is 525. The molecule has 0 unspecified atom stereocenters. The summed E-state index contributed by atoms with van der Waals surface area (Å²) in [6, 6.07) is 5.60. The van der Waals surface area contributed by atoms with Crippen molar-refractivity contribution in [2.45, 2.75) is 20.0 Å². The monoisotopic (exact) mass is 263 g/mol. The molecule has 0 aliphatic carbocycles. The number of nitrogens with zero attached hydrogens (tertiary/aromatic N) is 2. The second-order valence-corrected chi connectivity index (χ2v) is 4.69. The van der Waals surface area contributed by atoms with Crippen molar-refractivity contribution in [3.8, 4) is 11.4 Å². The molecular formula is C12H13N3O2S. The van der Waals surface area contributed by atoms with Crippen LogP contribution in [0.1, 0.15) is 13.8 Å². The summed E-state index contributed by atoms with van der Waals surface area (Å²) in [7, 11) is 0. The lowest BCUT2D eigenvalue weighted by Crippen LogP contribution is -2.17. The number of nitrogens with one attached hydrogen (secondary N) is 1. The summed E-state index contributed by atoms with van der Waals surface area (Å²) in [5.74, 6) is 0. The average Bonchev–Trinajstić information content (AvgIpc) is 2.77. The molecule has 0 saturated heterocycles. The third-order valence-corrected chi connectivity index (χ3v) is 2.74. The molecule has 2 aromatic rings. The second kappa shape index (κ2) is 5.59. The molecule has 0 fully saturated rings. The van der Waals surface area contributed by atoms with Crippen molar-refractivity contribution in [2.24, 2.45) is 0 Å². The summed E-state index contributed by atoms with van der Waals surface area (Å²) in [6.07, 6.45) is 1.06. The Hall–Kier alpha value is -1.95. The van der Waals surface area contributed by atoms with Gasteiger partial charge in [0.2, 0.25) is 0 Å². The summed E-state index contributed by atoms with van der Waals surface area (Å²) in [5, 5.41) is 4.92. The van der Waals surface area contributed by atoms with Gasteiger partial charge in [-0.3, -0.25) is 10.3 Å². The van der Waals surface area contributed by atoms with Gasteiger partial charge in [0.05, 0.1) is 11.8 Å². The van der Waals surface area contributed by atoms with E-state index in [4.69, 9.17) is 4.74 Å². The van der Waals surface area contributed by atoms with Crippen LogP contribution in [0.25, 0.3) is 11.4 Å². The first-order valence-corrected chi connectivity index (χ1v) is 6.37. The van der Waals surface area contributed by atoms with Gasteiger partial charge in [0.15, 0.2) is 5.13 Å². The Labute approximate surface area is 109 Å². The zero-order valence-corrected chi connectivity index (χ0v) is 10.9. The highest BCUT2D eigenvalue weighted by Crippen LogP contribution is 2.23. The topological polar surface area (TPSA) is 64.1 Å². The molecule has 0 aliphatic rings. The summed E-state index contributed by atoms with van der Waals surface area (Å²) >= 11 is 1.34. The highest BCUT2D eigenvalue weighted by Gasteiger charge is 2.10. The van der Waals surface area contributed by atoms with E-state index in [1.807, 2.05) is 23.6 Å². The largest absolute Gasteiger partial charge is 0.447 e. The lowest BCUT2D eigenvalue weighted by atomic mass is 10.3. The van der Waals surface area contributed by atoms with Crippen LogP contribution in [0, 0.1) is 0 Å². The fraction of sp³-hybridized carbons (Fsp3) is 0.250. The molecule has 2 rings (SSSR count). The molecule has 18 heavy (non-hydrogen) atoms. The van der Waals surface area contributed by atoms with Crippen molar-refractivity contribution in [3.05, 3.63) is 29.8 Å². The van der Waals surface area contributed by atoms with Crippen molar-refractivity contribution >= 4 is 22.6 Å². The molecule has 0 aliphatic heterocycles. The normalized spacial score (nSPS) is 10.4. The van der Waals surface area contributed by atoms with Crippen molar-refractivity contribution in [1.82, 2.24) is 9.97 Å². The fourth-order valence-corrected chi connectivity index (χ4v) is 1.98. The van der Waals surface area contributed by atoms with E-state index >= 15 is 0 Å². The van der Waals surface area contributed by atoms with E-state index in [9.17, 15) is 4.79 Å². The second-order valence-electron chi connectivity index (χ2n) is 3.83. The predicted octanol–water partition coefficient (Wildman–Crippen LogP) is 3.16. The number of ether oxygens (including phenoxy) is 1. The summed E-state index contributed by atoms with van der Waals surface area (Å²) in [5.41, 5.74) is 1.51. The van der Waals surface area contributed by atoms with Crippen LogP contribution in [0.4, 0.5) is 9.93 Å². The van der Waals surface area contributed by atoms with Gasteiger partial charge in [-0.2, -0.15) is 0 Å². The van der Waals surface area contributed by atoms with Crippen molar-refractivity contribution in [3.63, 3.8) is 0 Å². The number of thiazole rings is 1. The van der Waals surface area contributed by atoms with E-state index < -0.39 is 6.09 Å². The zero-order valence-electron chi connectivity index (χ0n) is 10.1.